The molecule has 9 nitrogen and oxygen atoms in total. The van der Waals surface area contributed by atoms with Gasteiger partial charge in [-0.2, -0.15) is 0 Å². The summed E-state index contributed by atoms with van der Waals surface area (Å²) in [5.74, 6) is -1.77. The first kappa shape index (κ1) is 12.7. The van der Waals surface area contributed by atoms with Crippen LogP contribution in [0.1, 0.15) is 18.5 Å². The number of hydrogen-bond donors (Lipinski definition) is 1. The summed E-state index contributed by atoms with van der Waals surface area (Å²) >= 11 is 0. The monoisotopic (exact) mass is 280 g/mol. The van der Waals surface area contributed by atoms with Crippen LogP contribution >= 0.6 is 0 Å². The van der Waals surface area contributed by atoms with E-state index in [9.17, 15) is 14.4 Å². The first-order valence-corrected chi connectivity index (χ1v) is 6.16. The number of carbonyl (C=O) groups excluding carboxylic acids is 2. The summed E-state index contributed by atoms with van der Waals surface area (Å²) in [6.45, 7) is -0.323. The summed E-state index contributed by atoms with van der Waals surface area (Å²) in [6.07, 6.45) is 1.42. The molecule has 9 heteroatoms. The number of carbonyl (C=O) groups is 3. The van der Waals surface area contributed by atoms with E-state index in [-0.39, 0.29) is 24.9 Å². The van der Waals surface area contributed by atoms with Gasteiger partial charge in [-0.05, 0) is 12.8 Å². The van der Waals surface area contributed by atoms with Crippen LogP contribution in [0.25, 0.3) is 0 Å². The normalized spacial score (nSPS) is 25.3. The number of carboxylic acids is 1. The van der Waals surface area contributed by atoms with E-state index >= 15 is 0 Å². The van der Waals surface area contributed by atoms with E-state index in [0.717, 1.165) is 9.58 Å². The van der Waals surface area contributed by atoms with E-state index in [2.05, 4.69) is 10.3 Å². The fourth-order valence-electron chi connectivity index (χ4n) is 2.40. The summed E-state index contributed by atoms with van der Waals surface area (Å²) in [6, 6.07) is 0. The summed E-state index contributed by atoms with van der Waals surface area (Å²) < 4.78 is 6.43. The largest absolute Gasteiger partial charge is 0.480 e. The predicted octanol–water partition coefficient (Wildman–Crippen LogP) is -1.22. The second kappa shape index (κ2) is 4.67. The molecule has 1 aromatic heterocycles. The van der Waals surface area contributed by atoms with Crippen molar-refractivity contribution in [3.63, 3.8) is 0 Å². The third kappa shape index (κ3) is 2.16. The number of aliphatic carboxylic acids is 1. The van der Waals surface area contributed by atoms with Gasteiger partial charge in [-0.25, -0.2) is 4.68 Å². The van der Waals surface area contributed by atoms with Crippen molar-refractivity contribution in [2.24, 2.45) is 0 Å². The summed E-state index contributed by atoms with van der Waals surface area (Å²) in [5, 5.41) is 16.0. The molecule has 0 radical (unpaired) electrons. The molecule has 1 N–H and O–H groups in total. The molecule has 1 aromatic rings. The standard InChI is InChI=1S/C11H12N4O5/c16-9(17)5-14-3-6(12-13-14)4-15-10(18)7-1-2-8(20-7)11(15)19/h3,7-8H,1-2,4-5H2,(H,16,17). The van der Waals surface area contributed by atoms with Crippen molar-refractivity contribution >= 4 is 17.8 Å². The lowest BCUT2D eigenvalue weighted by atomic mass is 10.2. The van der Waals surface area contributed by atoms with Gasteiger partial charge >= 0.3 is 5.97 Å². The molecule has 0 saturated carbocycles. The Kier molecular flexibility index (Phi) is 2.97. The number of rotatable bonds is 4. The minimum Gasteiger partial charge on any atom is -0.480 e. The minimum absolute atomic E-state index is 0.00630. The lowest BCUT2D eigenvalue weighted by Gasteiger charge is -2.29. The quantitative estimate of drug-likeness (QED) is 0.687. The molecule has 2 aliphatic heterocycles. The maximum absolute atomic E-state index is 12.0. The highest BCUT2D eigenvalue weighted by molar-refractivity contribution is 6.02. The van der Waals surface area contributed by atoms with E-state index < -0.39 is 18.2 Å². The Morgan fingerprint density at radius 2 is 2.00 bits per heavy atom. The lowest BCUT2D eigenvalue weighted by molar-refractivity contribution is -0.169. The summed E-state index contributed by atoms with van der Waals surface area (Å²) in [4.78, 5) is 35.7. The maximum Gasteiger partial charge on any atom is 0.325 e. The van der Waals surface area contributed by atoms with Crippen molar-refractivity contribution in [3.05, 3.63) is 11.9 Å². The molecule has 2 fully saturated rings. The highest BCUT2D eigenvalue weighted by Gasteiger charge is 2.46. The van der Waals surface area contributed by atoms with Crippen LogP contribution in [-0.2, 0) is 32.2 Å². The molecule has 106 valence electrons. The molecule has 3 rings (SSSR count). The predicted molar refractivity (Wildman–Crippen MR) is 61.1 cm³/mol. The van der Waals surface area contributed by atoms with Crippen LogP contribution in [0.15, 0.2) is 6.20 Å². The van der Waals surface area contributed by atoms with Gasteiger partial charge in [0, 0.05) is 0 Å². The Balaban J connectivity index is 1.73. The third-order valence-corrected chi connectivity index (χ3v) is 3.31. The highest BCUT2D eigenvalue weighted by atomic mass is 16.5. The molecule has 3 heterocycles. The molecule has 20 heavy (non-hydrogen) atoms. The number of hydrogen-bond acceptors (Lipinski definition) is 6. The van der Waals surface area contributed by atoms with E-state index in [1.54, 1.807) is 0 Å². The van der Waals surface area contributed by atoms with Gasteiger partial charge < -0.3 is 9.84 Å². The molecule has 2 saturated heterocycles. The van der Waals surface area contributed by atoms with Crippen molar-refractivity contribution < 1.29 is 24.2 Å². The van der Waals surface area contributed by atoms with Crippen LogP contribution in [0.5, 0.6) is 0 Å². The Bertz CT molecular complexity index is 561. The number of likely N-dealkylation sites (tertiary alicyclic amines) is 1. The molecule has 2 atom stereocenters. The van der Waals surface area contributed by atoms with Crippen molar-refractivity contribution in [2.75, 3.05) is 0 Å². The zero-order chi connectivity index (χ0) is 14.3. The van der Waals surface area contributed by atoms with Gasteiger partial charge in [0.05, 0.1) is 12.7 Å². The Morgan fingerprint density at radius 3 is 2.60 bits per heavy atom. The molecule has 0 spiro atoms. The van der Waals surface area contributed by atoms with Crippen molar-refractivity contribution in [2.45, 2.75) is 38.1 Å². The van der Waals surface area contributed by atoms with Gasteiger partial charge in [0.25, 0.3) is 11.8 Å². The van der Waals surface area contributed by atoms with Gasteiger partial charge in [0.2, 0.25) is 0 Å². The molecule has 2 unspecified atom stereocenters. The molecule has 2 aliphatic rings. The van der Waals surface area contributed by atoms with Crippen LogP contribution in [0.3, 0.4) is 0 Å². The number of morpholine rings is 1. The van der Waals surface area contributed by atoms with Gasteiger partial charge in [0.1, 0.15) is 24.4 Å². The van der Waals surface area contributed by atoms with E-state index in [1.807, 2.05) is 0 Å². The molecular formula is C11H12N4O5. The number of carboxylic acid groups (broad SMARTS) is 1. The molecule has 0 aromatic carbocycles. The van der Waals surface area contributed by atoms with Crippen LogP contribution in [-0.4, -0.2) is 55.0 Å². The van der Waals surface area contributed by atoms with Crippen molar-refractivity contribution in [1.29, 1.82) is 0 Å². The Hall–Kier alpha value is -2.29. The summed E-state index contributed by atoms with van der Waals surface area (Å²) in [5.41, 5.74) is 0.370. The number of aromatic nitrogens is 3. The second-order valence-corrected chi connectivity index (χ2v) is 4.75. The molecule has 2 amide bonds. The van der Waals surface area contributed by atoms with E-state index in [4.69, 9.17) is 9.84 Å². The maximum atomic E-state index is 12.0. The van der Waals surface area contributed by atoms with Gasteiger partial charge in [-0.15, -0.1) is 5.10 Å². The Labute approximate surface area is 113 Å². The van der Waals surface area contributed by atoms with Crippen LogP contribution in [0.2, 0.25) is 0 Å². The average Bonchev–Trinajstić information content (AvgIpc) is 3.00. The average molecular weight is 280 g/mol. The van der Waals surface area contributed by atoms with Crippen molar-refractivity contribution in [1.82, 2.24) is 19.9 Å². The number of amides is 2. The highest BCUT2D eigenvalue weighted by Crippen LogP contribution is 2.29. The first-order chi connectivity index (χ1) is 9.54. The van der Waals surface area contributed by atoms with E-state index in [0.29, 0.717) is 18.5 Å². The number of fused-ring (bicyclic) bond motifs is 2. The molecular weight excluding hydrogens is 268 g/mol. The van der Waals surface area contributed by atoms with Gasteiger partial charge in [0.15, 0.2) is 0 Å². The third-order valence-electron chi connectivity index (χ3n) is 3.31. The zero-order valence-electron chi connectivity index (χ0n) is 10.4. The van der Waals surface area contributed by atoms with E-state index in [1.165, 1.54) is 6.20 Å². The summed E-state index contributed by atoms with van der Waals surface area (Å²) in [7, 11) is 0. The SMILES string of the molecule is O=C(O)Cn1cc(CN2C(=O)C3CCC(O3)C2=O)nn1. The second-order valence-electron chi connectivity index (χ2n) is 4.75. The molecule has 0 aliphatic carbocycles. The van der Waals surface area contributed by atoms with Crippen LogP contribution in [0, 0.1) is 0 Å². The van der Waals surface area contributed by atoms with Crippen molar-refractivity contribution in [3.8, 4) is 0 Å². The number of imide groups is 1. The molecule has 2 bridgehead atoms. The number of nitrogens with zero attached hydrogens (tertiary/aromatic N) is 4. The van der Waals surface area contributed by atoms with Crippen LogP contribution < -0.4 is 0 Å². The Morgan fingerprint density at radius 1 is 1.35 bits per heavy atom. The number of ether oxygens (including phenoxy) is 1. The van der Waals surface area contributed by atoms with Gasteiger partial charge in [-0.1, -0.05) is 5.21 Å². The zero-order valence-corrected chi connectivity index (χ0v) is 10.4. The fourth-order valence-corrected chi connectivity index (χ4v) is 2.40. The minimum atomic E-state index is -1.04. The first-order valence-electron chi connectivity index (χ1n) is 6.16. The lowest BCUT2D eigenvalue weighted by Crippen LogP contribution is -2.51. The van der Waals surface area contributed by atoms with Crippen LogP contribution in [0.4, 0.5) is 0 Å². The van der Waals surface area contributed by atoms with Gasteiger partial charge in [-0.3, -0.25) is 19.3 Å². The fraction of sp³-hybridized carbons (Fsp3) is 0.545. The topological polar surface area (TPSA) is 115 Å². The smallest absolute Gasteiger partial charge is 0.325 e.